The Morgan fingerprint density at radius 1 is 1.03 bits per heavy atom. The van der Waals surface area contributed by atoms with Crippen LogP contribution in [0.25, 0.3) is 0 Å². The molecule has 0 saturated carbocycles. The molecular weight excluding hydrogens is 382 g/mol. The standard InChI is InChI=1S/C23H29N3O2S/c1-18-9-11-20(12-10-18)24-22(27)16-29-17-23(28)25(2)15-19-7-3-4-8-21(19)26-13-5-6-14-26/h3-4,7-12H,5-6,13-17H2,1-2H3,(H,24,27). The Morgan fingerprint density at radius 3 is 2.45 bits per heavy atom. The van der Waals surface area contributed by atoms with E-state index in [2.05, 4.69) is 28.4 Å². The molecule has 0 radical (unpaired) electrons. The van der Waals surface area contributed by atoms with Crippen LogP contribution in [0.1, 0.15) is 24.0 Å². The summed E-state index contributed by atoms with van der Waals surface area (Å²) in [5.74, 6) is 0.504. The second kappa shape index (κ2) is 10.3. The normalized spacial score (nSPS) is 13.4. The predicted molar refractivity (Wildman–Crippen MR) is 121 cm³/mol. The van der Waals surface area contributed by atoms with Crippen LogP contribution < -0.4 is 10.2 Å². The molecule has 3 rings (SSSR count). The Hall–Kier alpha value is -2.47. The third-order valence-electron chi connectivity index (χ3n) is 5.07. The largest absolute Gasteiger partial charge is 0.371 e. The first-order valence-corrected chi connectivity index (χ1v) is 11.2. The average molecular weight is 412 g/mol. The number of hydrogen-bond donors (Lipinski definition) is 1. The number of amides is 2. The van der Waals surface area contributed by atoms with Crippen molar-refractivity contribution in [1.82, 2.24) is 4.90 Å². The maximum Gasteiger partial charge on any atom is 0.234 e. The lowest BCUT2D eigenvalue weighted by Gasteiger charge is -2.24. The first kappa shape index (κ1) is 21.2. The van der Waals surface area contributed by atoms with E-state index < -0.39 is 0 Å². The van der Waals surface area contributed by atoms with Gasteiger partial charge in [0.05, 0.1) is 11.5 Å². The SMILES string of the molecule is Cc1ccc(NC(=O)CSCC(=O)N(C)Cc2ccccc2N2CCCC2)cc1. The van der Waals surface area contributed by atoms with Gasteiger partial charge in [0.1, 0.15) is 0 Å². The Balaban J connectivity index is 1.45. The second-order valence-corrected chi connectivity index (χ2v) is 8.47. The maximum absolute atomic E-state index is 12.5. The van der Waals surface area contributed by atoms with Crippen molar-refractivity contribution in [2.24, 2.45) is 0 Å². The molecule has 5 nitrogen and oxygen atoms in total. The van der Waals surface area contributed by atoms with Crippen LogP contribution in [0.2, 0.25) is 0 Å². The zero-order valence-electron chi connectivity index (χ0n) is 17.2. The highest BCUT2D eigenvalue weighted by Gasteiger charge is 2.17. The number of rotatable bonds is 8. The smallest absolute Gasteiger partial charge is 0.234 e. The van der Waals surface area contributed by atoms with Gasteiger partial charge in [-0.2, -0.15) is 0 Å². The summed E-state index contributed by atoms with van der Waals surface area (Å²) < 4.78 is 0. The molecule has 154 valence electrons. The van der Waals surface area contributed by atoms with Crippen molar-refractivity contribution in [3.63, 3.8) is 0 Å². The van der Waals surface area contributed by atoms with Crippen LogP contribution in [-0.2, 0) is 16.1 Å². The molecule has 2 aromatic rings. The fraction of sp³-hybridized carbons (Fsp3) is 0.391. The van der Waals surface area contributed by atoms with Gasteiger partial charge in [-0.1, -0.05) is 35.9 Å². The Bertz CT molecular complexity index is 832. The summed E-state index contributed by atoms with van der Waals surface area (Å²) in [7, 11) is 1.83. The number of thioether (sulfide) groups is 1. The monoisotopic (exact) mass is 411 g/mol. The Kier molecular flexibility index (Phi) is 7.58. The van der Waals surface area contributed by atoms with E-state index in [1.807, 2.05) is 44.3 Å². The zero-order valence-corrected chi connectivity index (χ0v) is 18.0. The topological polar surface area (TPSA) is 52.7 Å². The summed E-state index contributed by atoms with van der Waals surface area (Å²) >= 11 is 1.35. The molecule has 1 fully saturated rings. The summed E-state index contributed by atoms with van der Waals surface area (Å²) in [6.45, 7) is 4.76. The highest BCUT2D eigenvalue weighted by atomic mass is 32.2. The van der Waals surface area contributed by atoms with E-state index in [4.69, 9.17) is 0 Å². The van der Waals surface area contributed by atoms with Crippen LogP contribution in [0.4, 0.5) is 11.4 Å². The minimum absolute atomic E-state index is 0.0364. The third-order valence-corrected chi connectivity index (χ3v) is 5.98. The van der Waals surface area contributed by atoms with Gasteiger partial charge in [-0.3, -0.25) is 9.59 Å². The summed E-state index contributed by atoms with van der Waals surface area (Å²) in [4.78, 5) is 28.7. The Labute approximate surface area is 177 Å². The number of para-hydroxylation sites is 1. The van der Waals surface area contributed by atoms with Crippen molar-refractivity contribution in [1.29, 1.82) is 0 Å². The van der Waals surface area contributed by atoms with E-state index >= 15 is 0 Å². The molecule has 0 aromatic heterocycles. The lowest BCUT2D eigenvalue weighted by Crippen LogP contribution is -2.29. The average Bonchev–Trinajstić information content (AvgIpc) is 3.24. The van der Waals surface area contributed by atoms with Gasteiger partial charge < -0.3 is 15.1 Å². The van der Waals surface area contributed by atoms with E-state index in [0.717, 1.165) is 24.3 Å². The first-order chi connectivity index (χ1) is 14.0. The minimum Gasteiger partial charge on any atom is -0.371 e. The number of benzene rings is 2. The highest BCUT2D eigenvalue weighted by Crippen LogP contribution is 2.25. The third kappa shape index (κ3) is 6.26. The molecule has 6 heteroatoms. The van der Waals surface area contributed by atoms with E-state index in [-0.39, 0.29) is 17.6 Å². The van der Waals surface area contributed by atoms with Gasteiger partial charge in [0.2, 0.25) is 11.8 Å². The van der Waals surface area contributed by atoms with Crippen molar-refractivity contribution in [2.75, 3.05) is 41.9 Å². The van der Waals surface area contributed by atoms with Gasteiger partial charge in [0, 0.05) is 38.1 Å². The molecule has 1 saturated heterocycles. The number of carbonyl (C=O) groups excluding carboxylic acids is 2. The fourth-order valence-electron chi connectivity index (χ4n) is 3.43. The van der Waals surface area contributed by atoms with Crippen LogP contribution >= 0.6 is 11.8 Å². The molecule has 1 aliphatic rings. The van der Waals surface area contributed by atoms with Crippen molar-refractivity contribution in [2.45, 2.75) is 26.3 Å². The molecule has 0 unspecified atom stereocenters. The Morgan fingerprint density at radius 2 is 1.72 bits per heavy atom. The second-order valence-electron chi connectivity index (χ2n) is 7.48. The molecule has 0 aliphatic carbocycles. The predicted octanol–water partition coefficient (Wildman–Crippen LogP) is 3.93. The summed E-state index contributed by atoms with van der Waals surface area (Å²) in [6.07, 6.45) is 2.45. The number of anilines is 2. The van der Waals surface area contributed by atoms with Crippen molar-refractivity contribution in [3.8, 4) is 0 Å². The quantitative estimate of drug-likeness (QED) is 0.715. The van der Waals surface area contributed by atoms with Gasteiger partial charge in [0.15, 0.2) is 0 Å². The number of nitrogens with zero attached hydrogens (tertiary/aromatic N) is 2. The van der Waals surface area contributed by atoms with Gasteiger partial charge in [0.25, 0.3) is 0 Å². The highest BCUT2D eigenvalue weighted by molar-refractivity contribution is 8.00. The molecule has 1 heterocycles. The minimum atomic E-state index is -0.0892. The van der Waals surface area contributed by atoms with Gasteiger partial charge in [-0.15, -0.1) is 11.8 Å². The molecule has 2 amide bonds. The summed E-state index contributed by atoms with van der Waals surface area (Å²) in [6, 6.07) is 16.0. The summed E-state index contributed by atoms with van der Waals surface area (Å²) in [5.41, 5.74) is 4.34. The number of nitrogens with one attached hydrogen (secondary N) is 1. The molecule has 1 aliphatic heterocycles. The molecule has 0 bridgehead atoms. The maximum atomic E-state index is 12.5. The lowest BCUT2D eigenvalue weighted by atomic mass is 10.1. The molecule has 1 N–H and O–H groups in total. The van der Waals surface area contributed by atoms with Crippen LogP contribution in [-0.4, -0.2) is 48.4 Å². The van der Waals surface area contributed by atoms with Crippen LogP contribution in [0.5, 0.6) is 0 Å². The lowest BCUT2D eigenvalue weighted by molar-refractivity contribution is -0.127. The number of carbonyl (C=O) groups is 2. The molecule has 29 heavy (non-hydrogen) atoms. The van der Waals surface area contributed by atoms with Gasteiger partial charge >= 0.3 is 0 Å². The van der Waals surface area contributed by atoms with Crippen molar-refractivity contribution >= 4 is 35.0 Å². The van der Waals surface area contributed by atoms with E-state index in [9.17, 15) is 9.59 Å². The van der Waals surface area contributed by atoms with Crippen LogP contribution in [0, 0.1) is 6.92 Å². The molecular formula is C23H29N3O2S. The fourth-order valence-corrected chi connectivity index (χ4v) is 4.18. The molecule has 0 spiro atoms. The van der Waals surface area contributed by atoms with E-state index in [1.54, 1.807) is 4.90 Å². The first-order valence-electron chi connectivity index (χ1n) is 10.0. The van der Waals surface area contributed by atoms with Crippen molar-refractivity contribution in [3.05, 3.63) is 59.7 Å². The number of hydrogen-bond acceptors (Lipinski definition) is 4. The van der Waals surface area contributed by atoms with E-state index in [0.29, 0.717) is 12.3 Å². The molecule has 0 atom stereocenters. The summed E-state index contributed by atoms with van der Waals surface area (Å²) in [5, 5.41) is 2.86. The zero-order chi connectivity index (χ0) is 20.6. The molecule has 2 aromatic carbocycles. The van der Waals surface area contributed by atoms with Crippen LogP contribution in [0.3, 0.4) is 0 Å². The van der Waals surface area contributed by atoms with Crippen molar-refractivity contribution < 1.29 is 9.59 Å². The van der Waals surface area contributed by atoms with Crippen LogP contribution in [0.15, 0.2) is 48.5 Å². The van der Waals surface area contributed by atoms with Gasteiger partial charge in [-0.25, -0.2) is 0 Å². The number of aryl methyl sites for hydroxylation is 1. The van der Waals surface area contributed by atoms with Gasteiger partial charge in [-0.05, 0) is 43.5 Å². The van der Waals surface area contributed by atoms with E-state index in [1.165, 1.54) is 35.9 Å².